The van der Waals surface area contributed by atoms with Gasteiger partial charge >= 0.3 is 5.97 Å². The summed E-state index contributed by atoms with van der Waals surface area (Å²) in [7, 11) is 0. The third-order valence-electron chi connectivity index (χ3n) is 4.26. The first-order valence-corrected chi connectivity index (χ1v) is 8.79. The smallest absolute Gasteiger partial charge is 0.339 e. The van der Waals surface area contributed by atoms with E-state index >= 15 is 0 Å². The van der Waals surface area contributed by atoms with E-state index in [4.69, 9.17) is 11.2 Å². The lowest BCUT2D eigenvalue weighted by Gasteiger charge is -2.14. The van der Waals surface area contributed by atoms with E-state index in [9.17, 15) is 4.79 Å². The molecule has 0 aliphatic rings. The maximum Gasteiger partial charge on any atom is 0.339 e. The van der Waals surface area contributed by atoms with E-state index in [-0.39, 0.29) is 12.5 Å². The summed E-state index contributed by atoms with van der Waals surface area (Å²) in [6.45, 7) is 0.188. The summed E-state index contributed by atoms with van der Waals surface area (Å²) >= 11 is 0. The monoisotopic (exact) mass is 352 g/mol. The van der Waals surface area contributed by atoms with Gasteiger partial charge in [-0.3, -0.25) is 0 Å². The molecule has 0 amide bonds. The average molecular weight is 352 g/mol. The highest BCUT2D eigenvalue weighted by Crippen LogP contribution is 2.25. The lowest BCUT2D eigenvalue weighted by Crippen LogP contribution is -2.07. The van der Waals surface area contributed by atoms with Gasteiger partial charge < -0.3 is 4.74 Å². The lowest BCUT2D eigenvalue weighted by molar-refractivity contribution is 0.0549. The largest absolute Gasteiger partial charge is 0.458 e. The molecule has 0 fully saturated rings. The SMILES string of the molecule is C#Cc1ccccc1C(=O)OC/C=C/C(c1ccccc1)c1ccccc1. The molecule has 3 aromatic rings. The van der Waals surface area contributed by atoms with E-state index in [1.807, 2.05) is 42.5 Å². The summed E-state index contributed by atoms with van der Waals surface area (Å²) in [4.78, 5) is 12.3. The fourth-order valence-corrected chi connectivity index (χ4v) is 2.92. The van der Waals surface area contributed by atoms with E-state index < -0.39 is 5.97 Å². The van der Waals surface area contributed by atoms with Gasteiger partial charge in [-0.2, -0.15) is 0 Å². The number of ether oxygens (including phenoxy) is 1. The number of rotatable bonds is 6. The van der Waals surface area contributed by atoms with Crippen LogP contribution < -0.4 is 0 Å². The third kappa shape index (κ3) is 4.74. The number of esters is 1. The molecule has 0 aromatic heterocycles. The van der Waals surface area contributed by atoms with Gasteiger partial charge in [-0.25, -0.2) is 4.79 Å². The molecule has 0 N–H and O–H groups in total. The van der Waals surface area contributed by atoms with Gasteiger partial charge in [0, 0.05) is 11.5 Å². The van der Waals surface area contributed by atoms with E-state index in [1.165, 1.54) is 11.1 Å². The van der Waals surface area contributed by atoms with Crippen molar-refractivity contribution in [3.05, 3.63) is 119 Å². The van der Waals surface area contributed by atoms with Gasteiger partial charge in [0.15, 0.2) is 0 Å². The van der Waals surface area contributed by atoms with Gasteiger partial charge in [0.1, 0.15) is 6.61 Å². The Morgan fingerprint density at radius 1 is 0.889 bits per heavy atom. The molecule has 0 aliphatic heterocycles. The maximum absolute atomic E-state index is 12.3. The molecule has 0 heterocycles. The second-order valence-corrected chi connectivity index (χ2v) is 6.02. The number of allylic oxidation sites excluding steroid dienone is 1. The highest BCUT2D eigenvalue weighted by atomic mass is 16.5. The van der Waals surface area contributed by atoms with Crippen molar-refractivity contribution in [1.82, 2.24) is 0 Å². The van der Waals surface area contributed by atoms with Gasteiger partial charge in [-0.1, -0.05) is 90.9 Å². The predicted octanol–water partition coefficient (Wildman–Crippen LogP) is 5.21. The highest BCUT2D eigenvalue weighted by Gasteiger charge is 2.12. The molecule has 0 saturated heterocycles. The van der Waals surface area contributed by atoms with Crippen molar-refractivity contribution in [3.63, 3.8) is 0 Å². The van der Waals surface area contributed by atoms with Crippen molar-refractivity contribution in [1.29, 1.82) is 0 Å². The zero-order chi connectivity index (χ0) is 18.9. The van der Waals surface area contributed by atoms with Crippen molar-refractivity contribution in [2.75, 3.05) is 6.61 Å². The minimum atomic E-state index is -0.413. The van der Waals surface area contributed by atoms with Gasteiger partial charge in [0.2, 0.25) is 0 Å². The van der Waals surface area contributed by atoms with Gasteiger partial charge in [0.25, 0.3) is 0 Å². The molecule has 2 nitrogen and oxygen atoms in total. The van der Waals surface area contributed by atoms with Crippen LogP contribution in [0.2, 0.25) is 0 Å². The normalized spacial score (nSPS) is 10.7. The van der Waals surface area contributed by atoms with Crippen molar-refractivity contribution < 1.29 is 9.53 Å². The van der Waals surface area contributed by atoms with E-state index in [1.54, 1.807) is 24.3 Å². The summed E-state index contributed by atoms with van der Waals surface area (Å²) < 4.78 is 5.37. The Morgan fingerprint density at radius 2 is 1.44 bits per heavy atom. The van der Waals surface area contributed by atoms with Gasteiger partial charge in [0.05, 0.1) is 5.56 Å². The van der Waals surface area contributed by atoms with Crippen LogP contribution in [-0.2, 0) is 4.74 Å². The van der Waals surface area contributed by atoms with E-state index in [0.29, 0.717) is 11.1 Å². The van der Waals surface area contributed by atoms with E-state index in [0.717, 1.165) is 0 Å². The third-order valence-corrected chi connectivity index (χ3v) is 4.26. The van der Waals surface area contributed by atoms with Crippen LogP contribution in [0.3, 0.4) is 0 Å². The van der Waals surface area contributed by atoms with Crippen LogP contribution in [0.15, 0.2) is 97.1 Å². The van der Waals surface area contributed by atoms with Crippen LogP contribution in [-0.4, -0.2) is 12.6 Å². The van der Waals surface area contributed by atoms with Gasteiger partial charge in [-0.05, 0) is 23.3 Å². The molecular formula is C25H20O2. The van der Waals surface area contributed by atoms with Crippen LogP contribution in [0.1, 0.15) is 33.0 Å². The number of terminal acetylenes is 1. The summed E-state index contributed by atoms with van der Waals surface area (Å²) in [5, 5.41) is 0. The molecule has 0 atom stereocenters. The van der Waals surface area contributed by atoms with Crippen molar-refractivity contribution in [2.45, 2.75) is 5.92 Å². The number of carbonyl (C=O) groups is 1. The van der Waals surface area contributed by atoms with Crippen LogP contribution in [0, 0.1) is 12.3 Å². The minimum Gasteiger partial charge on any atom is -0.458 e. The first kappa shape index (κ1) is 18.2. The Kier molecular flexibility index (Phi) is 6.22. The van der Waals surface area contributed by atoms with Crippen molar-refractivity contribution in [3.8, 4) is 12.3 Å². The highest BCUT2D eigenvalue weighted by molar-refractivity contribution is 5.92. The second-order valence-electron chi connectivity index (χ2n) is 6.02. The fraction of sp³-hybridized carbons (Fsp3) is 0.0800. The molecule has 3 aromatic carbocycles. The van der Waals surface area contributed by atoms with Crippen LogP contribution in [0.4, 0.5) is 0 Å². The lowest BCUT2D eigenvalue weighted by atomic mass is 9.91. The summed E-state index contributed by atoms with van der Waals surface area (Å²) in [6.07, 6.45) is 9.38. The molecule has 0 radical (unpaired) electrons. The Morgan fingerprint density at radius 3 is 2.04 bits per heavy atom. The maximum atomic E-state index is 12.3. The minimum absolute atomic E-state index is 0.101. The number of hydrogen-bond acceptors (Lipinski definition) is 2. The molecule has 0 saturated carbocycles. The quantitative estimate of drug-likeness (QED) is 0.346. The predicted molar refractivity (Wildman–Crippen MR) is 109 cm³/mol. The first-order chi connectivity index (χ1) is 13.3. The molecule has 27 heavy (non-hydrogen) atoms. The van der Waals surface area contributed by atoms with Gasteiger partial charge in [-0.15, -0.1) is 6.42 Å². The number of hydrogen-bond donors (Lipinski definition) is 0. The summed E-state index contributed by atoms with van der Waals surface area (Å²) in [6, 6.07) is 27.5. The number of benzene rings is 3. The molecule has 2 heteroatoms. The van der Waals surface area contributed by atoms with Crippen LogP contribution >= 0.6 is 0 Å². The summed E-state index contributed by atoms with van der Waals surface area (Å²) in [5.74, 6) is 2.20. The molecule has 0 spiro atoms. The number of carbonyl (C=O) groups excluding carboxylic acids is 1. The average Bonchev–Trinajstić information content (AvgIpc) is 2.74. The van der Waals surface area contributed by atoms with E-state index in [2.05, 4.69) is 36.3 Å². The molecule has 0 aliphatic carbocycles. The van der Waals surface area contributed by atoms with Crippen molar-refractivity contribution in [2.24, 2.45) is 0 Å². The molecule has 0 bridgehead atoms. The fourth-order valence-electron chi connectivity index (χ4n) is 2.92. The van der Waals surface area contributed by atoms with Crippen LogP contribution in [0.25, 0.3) is 0 Å². The summed E-state index contributed by atoms with van der Waals surface area (Å²) in [5.41, 5.74) is 3.32. The molecule has 0 unspecified atom stereocenters. The topological polar surface area (TPSA) is 26.3 Å². The van der Waals surface area contributed by atoms with Crippen molar-refractivity contribution >= 4 is 5.97 Å². The second kappa shape index (κ2) is 9.22. The molecule has 132 valence electrons. The zero-order valence-electron chi connectivity index (χ0n) is 14.9. The first-order valence-electron chi connectivity index (χ1n) is 8.79. The Balaban J connectivity index is 1.71. The standard InChI is InChI=1S/C25H20O2/c1-2-20-12-9-10-17-24(20)25(26)27-19-11-18-23(21-13-5-3-6-14-21)22-15-7-4-8-16-22/h1,3-18,23H,19H2/b18-11+. The van der Waals surface area contributed by atoms with Crippen LogP contribution in [0.5, 0.6) is 0 Å². The Bertz CT molecular complexity index is 911. The molecule has 3 rings (SSSR count). The molecular weight excluding hydrogens is 332 g/mol. The Labute approximate surface area is 160 Å². The Hall–Kier alpha value is -3.57. The zero-order valence-corrected chi connectivity index (χ0v) is 14.9.